The molecule has 2 rings (SSSR count). The Labute approximate surface area is 124 Å². The van der Waals surface area contributed by atoms with Gasteiger partial charge < -0.3 is 9.84 Å². The monoisotopic (exact) mass is 311 g/mol. The van der Waals surface area contributed by atoms with Crippen molar-refractivity contribution in [3.63, 3.8) is 0 Å². The van der Waals surface area contributed by atoms with Crippen molar-refractivity contribution in [1.29, 1.82) is 0 Å². The number of halogens is 2. The fourth-order valence-electron chi connectivity index (χ4n) is 1.75. The van der Waals surface area contributed by atoms with Gasteiger partial charge in [0, 0.05) is 11.6 Å². The van der Waals surface area contributed by atoms with Gasteiger partial charge in [0.25, 0.3) is 0 Å². The smallest absolute Gasteiger partial charge is 0.311 e. The van der Waals surface area contributed by atoms with Crippen LogP contribution >= 0.6 is 11.6 Å². The lowest BCUT2D eigenvalue weighted by Crippen LogP contribution is -2.02. The molecule has 2 aromatic carbocycles. The molecule has 0 aliphatic carbocycles. The summed E-state index contributed by atoms with van der Waals surface area (Å²) in [5, 5.41) is 20.1. The summed E-state index contributed by atoms with van der Waals surface area (Å²) in [5.41, 5.74) is 0.215. The Morgan fingerprint density at radius 1 is 1.33 bits per heavy atom. The predicted molar refractivity (Wildman–Crippen MR) is 74.8 cm³/mol. The van der Waals surface area contributed by atoms with Gasteiger partial charge in [0.2, 0.25) is 0 Å². The van der Waals surface area contributed by atoms with Crippen LogP contribution in [0.2, 0.25) is 5.02 Å². The summed E-state index contributed by atoms with van der Waals surface area (Å²) >= 11 is 5.86. The maximum Gasteiger partial charge on any atom is 0.311 e. The highest BCUT2D eigenvalue weighted by molar-refractivity contribution is 6.31. The van der Waals surface area contributed by atoms with Crippen molar-refractivity contribution < 1.29 is 19.2 Å². The van der Waals surface area contributed by atoms with Gasteiger partial charge >= 0.3 is 5.69 Å². The zero-order chi connectivity index (χ0) is 15.4. The summed E-state index contributed by atoms with van der Waals surface area (Å²) in [5.74, 6) is -0.561. The zero-order valence-electron chi connectivity index (χ0n) is 10.8. The number of aliphatic hydroxyl groups excluding tert-OH is 1. The highest BCUT2D eigenvalue weighted by atomic mass is 35.5. The molecule has 0 unspecified atom stereocenters. The van der Waals surface area contributed by atoms with E-state index in [4.69, 9.17) is 21.4 Å². The van der Waals surface area contributed by atoms with Crippen LogP contribution in [-0.2, 0) is 13.2 Å². The quantitative estimate of drug-likeness (QED) is 0.678. The molecule has 0 atom stereocenters. The van der Waals surface area contributed by atoms with Gasteiger partial charge in [-0.25, -0.2) is 4.39 Å². The maximum absolute atomic E-state index is 13.6. The van der Waals surface area contributed by atoms with Crippen molar-refractivity contribution in [2.45, 2.75) is 13.2 Å². The first-order valence-electron chi connectivity index (χ1n) is 5.96. The normalized spacial score (nSPS) is 10.4. The molecule has 0 fully saturated rings. The van der Waals surface area contributed by atoms with Gasteiger partial charge in [-0.15, -0.1) is 0 Å². The highest BCUT2D eigenvalue weighted by Gasteiger charge is 2.17. The molecule has 7 heteroatoms. The van der Waals surface area contributed by atoms with Crippen LogP contribution in [0.5, 0.6) is 5.75 Å². The molecule has 0 radical (unpaired) electrons. The maximum atomic E-state index is 13.6. The first-order chi connectivity index (χ1) is 10.0. The van der Waals surface area contributed by atoms with Gasteiger partial charge in [-0.1, -0.05) is 23.7 Å². The summed E-state index contributed by atoms with van der Waals surface area (Å²) in [6.07, 6.45) is 0. The van der Waals surface area contributed by atoms with Crippen molar-refractivity contribution in [3.05, 3.63) is 68.5 Å². The van der Waals surface area contributed by atoms with E-state index in [0.717, 1.165) is 0 Å². The third-order valence-corrected chi connectivity index (χ3v) is 3.19. The first kappa shape index (κ1) is 15.2. The Balaban J connectivity index is 2.26. The minimum Gasteiger partial charge on any atom is -0.482 e. The molecule has 110 valence electrons. The number of ether oxygens (including phenoxy) is 1. The molecule has 2 aromatic rings. The summed E-state index contributed by atoms with van der Waals surface area (Å²) in [6.45, 7) is -0.551. The van der Waals surface area contributed by atoms with Gasteiger partial charge in [-0.3, -0.25) is 10.1 Å². The van der Waals surface area contributed by atoms with Crippen LogP contribution in [0, 0.1) is 15.9 Å². The second kappa shape index (κ2) is 6.51. The van der Waals surface area contributed by atoms with Crippen molar-refractivity contribution >= 4 is 17.3 Å². The van der Waals surface area contributed by atoms with Gasteiger partial charge in [-0.05, 0) is 23.8 Å². The fourth-order valence-corrected chi connectivity index (χ4v) is 1.96. The number of hydrogen-bond acceptors (Lipinski definition) is 4. The lowest BCUT2D eigenvalue weighted by molar-refractivity contribution is -0.386. The van der Waals surface area contributed by atoms with Crippen LogP contribution in [0.1, 0.15) is 11.1 Å². The van der Waals surface area contributed by atoms with Crippen LogP contribution in [0.4, 0.5) is 10.1 Å². The number of aliphatic hydroxyl groups is 1. The Hall–Kier alpha value is -2.18. The SMILES string of the molecule is O=[N+]([O-])c1cc(CO)ccc1OCc1c(F)cccc1Cl. The minimum atomic E-state index is -0.628. The van der Waals surface area contributed by atoms with Crippen LogP contribution < -0.4 is 4.74 Å². The predicted octanol–water partition coefficient (Wildman–Crippen LogP) is 3.46. The molecule has 0 saturated carbocycles. The van der Waals surface area contributed by atoms with Gasteiger partial charge in [0.1, 0.15) is 12.4 Å². The van der Waals surface area contributed by atoms with E-state index < -0.39 is 10.7 Å². The molecule has 21 heavy (non-hydrogen) atoms. The number of nitro groups is 1. The fraction of sp³-hybridized carbons (Fsp3) is 0.143. The molecule has 0 heterocycles. The van der Waals surface area contributed by atoms with E-state index >= 15 is 0 Å². The molecule has 0 bridgehead atoms. The second-order valence-corrected chi connectivity index (χ2v) is 4.61. The summed E-state index contributed by atoms with van der Waals surface area (Å²) in [7, 11) is 0. The minimum absolute atomic E-state index is 0.0171. The summed E-state index contributed by atoms with van der Waals surface area (Å²) in [4.78, 5) is 10.4. The number of nitro benzene ring substituents is 1. The Bertz CT molecular complexity index is 658. The first-order valence-corrected chi connectivity index (χ1v) is 6.34. The second-order valence-electron chi connectivity index (χ2n) is 4.21. The number of hydrogen-bond donors (Lipinski definition) is 1. The molecule has 0 aliphatic heterocycles. The molecule has 0 amide bonds. The lowest BCUT2D eigenvalue weighted by atomic mass is 10.2. The third-order valence-electron chi connectivity index (χ3n) is 2.84. The van der Waals surface area contributed by atoms with E-state index in [1.165, 1.54) is 36.4 Å². The van der Waals surface area contributed by atoms with Crippen molar-refractivity contribution in [1.82, 2.24) is 0 Å². The summed E-state index contributed by atoms with van der Waals surface area (Å²) in [6, 6.07) is 8.25. The van der Waals surface area contributed by atoms with Gasteiger partial charge in [-0.2, -0.15) is 0 Å². The van der Waals surface area contributed by atoms with Gasteiger partial charge in [0.05, 0.1) is 16.6 Å². The Kier molecular flexibility index (Phi) is 4.72. The van der Waals surface area contributed by atoms with E-state index in [0.29, 0.717) is 5.56 Å². The standard InChI is InChI=1S/C14H11ClFNO4/c15-11-2-1-3-12(16)10(11)8-21-14-5-4-9(7-18)6-13(14)17(19)20/h1-6,18H,7-8H2. The average molecular weight is 312 g/mol. The molecular formula is C14H11ClFNO4. The number of rotatable bonds is 5. The van der Waals surface area contributed by atoms with Crippen LogP contribution in [0.25, 0.3) is 0 Å². The zero-order valence-corrected chi connectivity index (χ0v) is 11.5. The van der Waals surface area contributed by atoms with Crippen LogP contribution in [-0.4, -0.2) is 10.0 Å². The van der Waals surface area contributed by atoms with Crippen LogP contribution in [0.3, 0.4) is 0 Å². The third kappa shape index (κ3) is 3.48. The van der Waals surface area contributed by atoms with Crippen molar-refractivity contribution in [3.8, 4) is 5.75 Å². The molecule has 0 spiro atoms. The Morgan fingerprint density at radius 3 is 2.71 bits per heavy atom. The van der Waals surface area contributed by atoms with Crippen molar-refractivity contribution in [2.24, 2.45) is 0 Å². The molecule has 0 saturated heterocycles. The molecule has 0 aromatic heterocycles. The molecular weight excluding hydrogens is 301 g/mol. The topological polar surface area (TPSA) is 72.6 Å². The van der Waals surface area contributed by atoms with Crippen molar-refractivity contribution in [2.75, 3.05) is 0 Å². The van der Waals surface area contributed by atoms with Crippen LogP contribution in [0.15, 0.2) is 36.4 Å². The lowest BCUT2D eigenvalue weighted by Gasteiger charge is -2.09. The molecule has 1 N–H and O–H groups in total. The van der Waals surface area contributed by atoms with E-state index in [-0.39, 0.29) is 35.2 Å². The average Bonchev–Trinajstić information content (AvgIpc) is 2.46. The van der Waals surface area contributed by atoms with E-state index in [9.17, 15) is 14.5 Å². The molecule has 5 nitrogen and oxygen atoms in total. The van der Waals surface area contributed by atoms with Gasteiger partial charge in [0.15, 0.2) is 5.75 Å². The molecule has 0 aliphatic rings. The number of nitrogens with zero attached hydrogens (tertiary/aromatic N) is 1. The summed E-state index contributed by atoms with van der Waals surface area (Å²) < 4.78 is 18.9. The highest BCUT2D eigenvalue weighted by Crippen LogP contribution is 2.30. The van der Waals surface area contributed by atoms with E-state index in [1.807, 2.05) is 0 Å². The van der Waals surface area contributed by atoms with E-state index in [2.05, 4.69) is 0 Å². The Morgan fingerprint density at radius 2 is 2.10 bits per heavy atom. The number of benzene rings is 2. The largest absolute Gasteiger partial charge is 0.482 e. The van der Waals surface area contributed by atoms with E-state index in [1.54, 1.807) is 0 Å².